The van der Waals surface area contributed by atoms with E-state index in [-0.39, 0.29) is 30.5 Å². The maximum atomic E-state index is 12.8. The molecule has 0 radical (unpaired) electrons. The second kappa shape index (κ2) is 9.01. The lowest BCUT2D eigenvalue weighted by molar-refractivity contribution is -0.384. The van der Waals surface area contributed by atoms with E-state index in [0.29, 0.717) is 16.8 Å². The zero-order chi connectivity index (χ0) is 21.7. The molecule has 1 aromatic heterocycles. The Bertz CT molecular complexity index is 1080. The molecule has 0 fully saturated rings. The average molecular weight is 403 g/mol. The third-order valence-corrected chi connectivity index (χ3v) is 4.95. The Labute approximate surface area is 174 Å². The lowest BCUT2D eigenvalue weighted by Crippen LogP contribution is -2.35. The summed E-state index contributed by atoms with van der Waals surface area (Å²) < 4.78 is 1.69. The van der Waals surface area contributed by atoms with E-state index in [1.54, 1.807) is 35.0 Å². The molecule has 0 aliphatic carbocycles. The number of nitro benzene ring substituents is 1. The van der Waals surface area contributed by atoms with Crippen molar-refractivity contribution in [2.45, 2.75) is 25.8 Å². The number of nitriles is 1. The standard InChI is InChI=1S/C22H21N5O3/c1-16(12-13-23)25(2)21(28)14-18-15-26(19-6-4-3-5-7-19)24-22(18)17-8-10-20(11-9-17)27(29)30/h3-11,15-16H,12,14H2,1-2H3. The molecule has 0 spiro atoms. The number of nitro groups is 1. The minimum absolute atomic E-state index is 0.0102. The Kier molecular flexibility index (Phi) is 6.23. The quantitative estimate of drug-likeness (QED) is 0.441. The largest absolute Gasteiger partial charge is 0.342 e. The topological polar surface area (TPSA) is 105 Å². The van der Waals surface area contributed by atoms with Crippen molar-refractivity contribution < 1.29 is 9.72 Å². The number of aromatic nitrogens is 2. The summed E-state index contributed by atoms with van der Waals surface area (Å²) in [6.45, 7) is 1.83. The summed E-state index contributed by atoms with van der Waals surface area (Å²) >= 11 is 0. The van der Waals surface area contributed by atoms with Gasteiger partial charge in [0.05, 0.1) is 35.2 Å². The highest BCUT2D eigenvalue weighted by Gasteiger charge is 2.21. The minimum atomic E-state index is -0.456. The first kappa shape index (κ1) is 20.7. The van der Waals surface area contributed by atoms with Gasteiger partial charge >= 0.3 is 0 Å². The van der Waals surface area contributed by atoms with Crippen LogP contribution in [0.1, 0.15) is 18.9 Å². The van der Waals surface area contributed by atoms with Crippen LogP contribution in [0.5, 0.6) is 0 Å². The molecule has 3 aromatic rings. The molecule has 8 heteroatoms. The molecule has 0 aliphatic rings. The van der Waals surface area contributed by atoms with E-state index in [4.69, 9.17) is 5.26 Å². The number of para-hydroxylation sites is 1. The van der Waals surface area contributed by atoms with Crippen LogP contribution >= 0.6 is 0 Å². The van der Waals surface area contributed by atoms with Gasteiger partial charge in [0.1, 0.15) is 0 Å². The minimum Gasteiger partial charge on any atom is -0.342 e. The smallest absolute Gasteiger partial charge is 0.269 e. The van der Waals surface area contributed by atoms with Gasteiger partial charge in [-0.15, -0.1) is 0 Å². The van der Waals surface area contributed by atoms with Gasteiger partial charge in [-0.1, -0.05) is 18.2 Å². The first-order valence-corrected chi connectivity index (χ1v) is 9.42. The van der Waals surface area contributed by atoms with Gasteiger partial charge in [0, 0.05) is 42.5 Å². The van der Waals surface area contributed by atoms with Crippen LogP contribution in [0.2, 0.25) is 0 Å². The van der Waals surface area contributed by atoms with Crippen LogP contribution in [-0.2, 0) is 11.2 Å². The van der Waals surface area contributed by atoms with Gasteiger partial charge in [0.15, 0.2) is 0 Å². The van der Waals surface area contributed by atoms with Crippen molar-refractivity contribution in [3.8, 4) is 23.0 Å². The third kappa shape index (κ3) is 4.52. The molecule has 152 valence electrons. The molecular formula is C22H21N5O3. The number of likely N-dealkylation sites (N-methyl/N-ethyl adjacent to an activating group) is 1. The van der Waals surface area contributed by atoms with E-state index in [1.807, 2.05) is 37.3 Å². The number of nitrogens with zero attached hydrogens (tertiary/aromatic N) is 5. The van der Waals surface area contributed by atoms with E-state index in [1.165, 1.54) is 12.1 Å². The average Bonchev–Trinajstić information content (AvgIpc) is 3.17. The second-order valence-electron chi connectivity index (χ2n) is 6.98. The van der Waals surface area contributed by atoms with Crippen molar-refractivity contribution in [1.82, 2.24) is 14.7 Å². The Morgan fingerprint density at radius 3 is 2.50 bits per heavy atom. The number of hydrogen-bond donors (Lipinski definition) is 0. The van der Waals surface area contributed by atoms with Gasteiger partial charge < -0.3 is 4.90 Å². The van der Waals surface area contributed by atoms with Crippen molar-refractivity contribution >= 4 is 11.6 Å². The van der Waals surface area contributed by atoms with Gasteiger partial charge in [0.2, 0.25) is 5.91 Å². The predicted octanol–water partition coefficient (Wildman–Crippen LogP) is 3.75. The number of benzene rings is 2. The van der Waals surface area contributed by atoms with Crippen LogP contribution in [0.15, 0.2) is 60.8 Å². The van der Waals surface area contributed by atoms with Crippen LogP contribution in [0.3, 0.4) is 0 Å². The molecular weight excluding hydrogens is 382 g/mol. The SMILES string of the molecule is CC(CC#N)N(C)C(=O)Cc1cn(-c2ccccc2)nc1-c1ccc([N+](=O)[O-])cc1. The van der Waals surface area contributed by atoms with Gasteiger partial charge in [-0.3, -0.25) is 14.9 Å². The number of hydrogen-bond acceptors (Lipinski definition) is 5. The lowest BCUT2D eigenvalue weighted by atomic mass is 10.0. The van der Waals surface area contributed by atoms with Crippen molar-refractivity contribution in [3.63, 3.8) is 0 Å². The van der Waals surface area contributed by atoms with Crippen molar-refractivity contribution in [2.24, 2.45) is 0 Å². The van der Waals surface area contributed by atoms with E-state index in [2.05, 4.69) is 11.2 Å². The number of carbonyl (C=O) groups excluding carboxylic acids is 1. The highest BCUT2D eigenvalue weighted by atomic mass is 16.6. The summed E-state index contributed by atoms with van der Waals surface area (Å²) in [5.74, 6) is -0.131. The van der Waals surface area contributed by atoms with Crippen LogP contribution in [-0.4, -0.2) is 38.6 Å². The monoisotopic (exact) mass is 403 g/mol. The van der Waals surface area contributed by atoms with Crippen LogP contribution in [0, 0.1) is 21.4 Å². The number of non-ortho nitro benzene ring substituents is 1. The first-order valence-electron chi connectivity index (χ1n) is 9.42. The van der Waals surface area contributed by atoms with Gasteiger partial charge in [-0.05, 0) is 31.2 Å². The normalized spacial score (nSPS) is 11.5. The second-order valence-corrected chi connectivity index (χ2v) is 6.98. The molecule has 2 aromatic carbocycles. The van der Waals surface area contributed by atoms with E-state index >= 15 is 0 Å². The highest BCUT2D eigenvalue weighted by Crippen LogP contribution is 2.26. The zero-order valence-corrected chi connectivity index (χ0v) is 16.7. The van der Waals surface area contributed by atoms with E-state index in [9.17, 15) is 14.9 Å². The van der Waals surface area contributed by atoms with Crippen molar-refractivity contribution in [2.75, 3.05) is 7.05 Å². The molecule has 0 saturated carbocycles. The summed E-state index contributed by atoms with van der Waals surface area (Å²) in [6, 6.07) is 17.5. The Morgan fingerprint density at radius 2 is 1.90 bits per heavy atom. The number of rotatable bonds is 7. The molecule has 0 bridgehead atoms. The fourth-order valence-electron chi connectivity index (χ4n) is 3.04. The zero-order valence-electron chi connectivity index (χ0n) is 16.7. The van der Waals surface area contributed by atoms with Gasteiger partial charge in [-0.2, -0.15) is 10.4 Å². The van der Waals surface area contributed by atoms with Gasteiger partial charge in [-0.25, -0.2) is 4.68 Å². The molecule has 0 aliphatic heterocycles. The molecule has 0 saturated heterocycles. The van der Waals surface area contributed by atoms with Crippen molar-refractivity contribution in [3.05, 3.63) is 76.5 Å². The third-order valence-electron chi connectivity index (χ3n) is 4.95. The van der Waals surface area contributed by atoms with Crippen LogP contribution < -0.4 is 0 Å². The van der Waals surface area contributed by atoms with Gasteiger partial charge in [0.25, 0.3) is 5.69 Å². The van der Waals surface area contributed by atoms with E-state index < -0.39 is 4.92 Å². The van der Waals surface area contributed by atoms with E-state index in [0.717, 1.165) is 5.69 Å². The fourth-order valence-corrected chi connectivity index (χ4v) is 3.04. The Balaban J connectivity index is 1.98. The first-order chi connectivity index (χ1) is 14.4. The Hall–Kier alpha value is -3.99. The molecule has 30 heavy (non-hydrogen) atoms. The maximum Gasteiger partial charge on any atom is 0.269 e. The van der Waals surface area contributed by atoms with Crippen LogP contribution in [0.25, 0.3) is 16.9 Å². The molecule has 1 unspecified atom stereocenters. The molecule has 0 N–H and O–H groups in total. The number of amides is 1. The summed E-state index contributed by atoms with van der Waals surface area (Å²) in [5.41, 5.74) is 2.80. The molecule has 1 atom stereocenters. The Morgan fingerprint density at radius 1 is 1.23 bits per heavy atom. The molecule has 3 rings (SSSR count). The molecule has 1 amide bonds. The lowest BCUT2D eigenvalue weighted by Gasteiger charge is -2.22. The fraction of sp³-hybridized carbons (Fsp3) is 0.227. The van der Waals surface area contributed by atoms with Crippen LogP contribution in [0.4, 0.5) is 5.69 Å². The summed E-state index contributed by atoms with van der Waals surface area (Å²) in [5, 5.41) is 24.5. The molecule has 1 heterocycles. The highest BCUT2D eigenvalue weighted by molar-refractivity contribution is 5.81. The number of carbonyl (C=O) groups is 1. The van der Waals surface area contributed by atoms with Crippen molar-refractivity contribution in [1.29, 1.82) is 5.26 Å². The summed E-state index contributed by atoms with van der Waals surface area (Å²) in [7, 11) is 1.68. The predicted molar refractivity (Wildman–Crippen MR) is 112 cm³/mol. The maximum absolute atomic E-state index is 12.8. The molecule has 8 nitrogen and oxygen atoms in total. The summed E-state index contributed by atoms with van der Waals surface area (Å²) in [6.07, 6.45) is 2.15. The summed E-state index contributed by atoms with van der Waals surface area (Å²) in [4.78, 5) is 24.8.